The van der Waals surface area contributed by atoms with Gasteiger partial charge in [0.25, 0.3) is 0 Å². The van der Waals surface area contributed by atoms with Crippen LogP contribution in [0.25, 0.3) is 10.8 Å². The Kier molecular flexibility index (Phi) is 4.85. The fourth-order valence-corrected chi connectivity index (χ4v) is 3.59. The van der Waals surface area contributed by atoms with Gasteiger partial charge >= 0.3 is 0 Å². The van der Waals surface area contributed by atoms with Crippen molar-refractivity contribution in [1.82, 2.24) is 9.80 Å². The maximum absolute atomic E-state index is 9.76. The van der Waals surface area contributed by atoms with Crippen LogP contribution in [0, 0.1) is 0 Å². The van der Waals surface area contributed by atoms with Crippen LogP contribution in [-0.2, 0) is 6.54 Å². The number of fused-ring (bicyclic) bond motifs is 1. The third kappa shape index (κ3) is 3.20. The monoisotopic (exact) mass is 314 g/mol. The van der Waals surface area contributed by atoms with E-state index in [1.165, 1.54) is 16.3 Å². The molecule has 0 saturated carbocycles. The SMILES string of the molecule is COc1ccc2ccccc2c1CN1C[C@H](N(C)C)C[C@H]1CO. The second-order valence-electron chi connectivity index (χ2n) is 6.59. The van der Waals surface area contributed by atoms with Crippen LogP contribution >= 0.6 is 0 Å². The van der Waals surface area contributed by atoms with Crippen LogP contribution < -0.4 is 4.74 Å². The molecular formula is C19H26N2O2. The molecule has 2 aromatic rings. The molecule has 1 saturated heterocycles. The zero-order valence-electron chi connectivity index (χ0n) is 14.2. The van der Waals surface area contributed by atoms with E-state index in [1.54, 1.807) is 7.11 Å². The van der Waals surface area contributed by atoms with E-state index in [2.05, 4.69) is 54.2 Å². The van der Waals surface area contributed by atoms with E-state index in [4.69, 9.17) is 4.74 Å². The Bertz CT molecular complexity index is 671. The van der Waals surface area contributed by atoms with E-state index < -0.39 is 0 Å². The Hall–Kier alpha value is -1.62. The second-order valence-corrected chi connectivity index (χ2v) is 6.59. The minimum absolute atomic E-state index is 0.206. The second kappa shape index (κ2) is 6.87. The van der Waals surface area contributed by atoms with Crippen molar-refractivity contribution in [3.05, 3.63) is 42.0 Å². The van der Waals surface area contributed by atoms with Crippen LogP contribution in [0.15, 0.2) is 36.4 Å². The predicted octanol–water partition coefficient (Wildman–Crippen LogP) is 2.35. The number of hydrogen-bond acceptors (Lipinski definition) is 4. The van der Waals surface area contributed by atoms with E-state index in [1.807, 2.05) is 6.07 Å². The summed E-state index contributed by atoms with van der Waals surface area (Å²) in [4.78, 5) is 4.64. The molecule has 0 bridgehead atoms. The fraction of sp³-hybridized carbons (Fsp3) is 0.474. The highest BCUT2D eigenvalue weighted by Crippen LogP contribution is 2.32. The highest BCUT2D eigenvalue weighted by Gasteiger charge is 2.33. The molecule has 0 amide bonds. The van der Waals surface area contributed by atoms with Gasteiger partial charge in [-0.05, 0) is 37.4 Å². The lowest BCUT2D eigenvalue weighted by Gasteiger charge is -2.25. The summed E-state index contributed by atoms with van der Waals surface area (Å²) >= 11 is 0. The molecule has 0 aromatic heterocycles. The largest absolute Gasteiger partial charge is 0.496 e. The lowest BCUT2D eigenvalue weighted by Crippen LogP contribution is -2.33. The molecule has 0 unspecified atom stereocenters. The van der Waals surface area contributed by atoms with Crippen molar-refractivity contribution in [3.8, 4) is 5.75 Å². The Labute approximate surface area is 138 Å². The normalized spacial score (nSPS) is 22.1. The zero-order valence-corrected chi connectivity index (χ0v) is 14.2. The van der Waals surface area contributed by atoms with Crippen molar-refractivity contribution >= 4 is 10.8 Å². The molecule has 4 nitrogen and oxygen atoms in total. The molecule has 0 spiro atoms. The minimum Gasteiger partial charge on any atom is -0.496 e. The van der Waals surface area contributed by atoms with Crippen molar-refractivity contribution < 1.29 is 9.84 Å². The number of ether oxygens (including phenoxy) is 1. The van der Waals surface area contributed by atoms with Crippen molar-refractivity contribution in [2.24, 2.45) is 0 Å². The van der Waals surface area contributed by atoms with Crippen LogP contribution in [0.5, 0.6) is 5.75 Å². The molecule has 0 aliphatic carbocycles. The number of methoxy groups -OCH3 is 1. The lowest BCUT2D eigenvalue weighted by atomic mass is 10.0. The lowest BCUT2D eigenvalue weighted by molar-refractivity contribution is 0.152. The number of aliphatic hydroxyl groups is 1. The van der Waals surface area contributed by atoms with Gasteiger partial charge in [-0.1, -0.05) is 30.3 Å². The highest BCUT2D eigenvalue weighted by atomic mass is 16.5. The number of likely N-dealkylation sites (tertiary alicyclic amines) is 1. The van der Waals surface area contributed by atoms with Crippen LogP contribution in [0.3, 0.4) is 0 Å². The molecule has 2 aromatic carbocycles. The average molecular weight is 314 g/mol. The molecule has 1 heterocycles. The van der Waals surface area contributed by atoms with Crippen LogP contribution in [-0.4, -0.2) is 61.3 Å². The van der Waals surface area contributed by atoms with E-state index in [-0.39, 0.29) is 12.6 Å². The molecule has 124 valence electrons. The first-order chi connectivity index (χ1) is 11.1. The number of rotatable bonds is 5. The molecule has 0 radical (unpaired) electrons. The molecule has 2 atom stereocenters. The van der Waals surface area contributed by atoms with Gasteiger partial charge in [0, 0.05) is 30.7 Å². The summed E-state index contributed by atoms with van der Waals surface area (Å²) in [5.74, 6) is 0.925. The summed E-state index contributed by atoms with van der Waals surface area (Å²) in [7, 11) is 5.95. The average Bonchev–Trinajstić information content (AvgIpc) is 2.98. The maximum atomic E-state index is 9.76. The van der Waals surface area contributed by atoms with Crippen molar-refractivity contribution in [3.63, 3.8) is 0 Å². The molecule has 1 fully saturated rings. The summed E-state index contributed by atoms with van der Waals surface area (Å²) in [5.41, 5.74) is 1.21. The van der Waals surface area contributed by atoms with Crippen molar-refractivity contribution in [2.45, 2.75) is 25.0 Å². The topological polar surface area (TPSA) is 35.9 Å². The summed E-state index contributed by atoms with van der Waals surface area (Å²) in [5, 5.41) is 12.2. The van der Waals surface area contributed by atoms with Gasteiger partial charge in [-0.3, -0.25) is 4.90 Å². The predicted molar refractivity (Wildman–Crippen MR) is 93.9 cm³/mol. The number of nitrogens with zero attached hydrogens (tertiary/aromatic N) is 2. The van der Waals surface area contributed by atoms with Crippen molar-refractivity contribution in [2.75, 3.05) is 34.4 Å². The quantitative estimate of drug-likeness (QED) is 0.919. The minimum atomic E-state index is 0.206. The summed E-state index contributed by atoms with van der Waals surface area (Å²) in [6.07, 6.45) is 1.01. The van der Waals surface area contributed by atoms with E-state index in [9.17, 15) is 5.11 Å². The summed E-state index contributed by atoms with van der Waals surface area (Å²) in [6.45, 7) is 1.99. The van der Waals surface area contributed by atoms with Gasteiger partial charge in [-0.15, -0.1) is 0 Å². The molecule has 3 rings (SSSR count). The van der Waals surface area contributed by atoms with Gasteiger partial charge in [-0.25, -0.2) is 0 Å². The van der Waals surface area contributed by atoms with Gasteiger partial charge in [0.1, 0.15) is 5.75 Å². The zero-order chi connectivity index (χ0) is 16.4. The van der Waals surface area contributed by atoms with E-state index >= 15 is 0 Å². The van der Waals surface area contributed by atoms with Gasteiger partial charge in [0.15, 0.2) is 0 Å². The maximum Gasteiger partial charge on any atom is 0.123 e. The summed E-state index contributed by atoms with van der Waals surface area (Å²) in [6, 6.07) is 13.3. The van der Waals surface area contributed by atoms with Crippen LogP contribution in [0.4, 0.5) is 0 Å². The number of likely N-dealkylation sites (N-methyl/N-ethyl adjacent to an activating group) is 1. The van der Waals surface area contributed by atoms with Crippen LogP contribution in [0.2, 0.25) is 0 Å². The molecular weight excluding hydrogens is 288 g/mol. The first-order valence-corrected chi connectivity index (χ1v) is 8.20. The van der Waals surface area contributed by atoms with E-state index in [0.717, 1.165) is 25.3 Å². The molecule has 4 heteroatoms. The van der Waals surface area contributed by atoms with Gasteiger partial charge in [-0.2, -0.15) is 0 Å². The smallest absolute Gasteiger partial charge is 0.123 e. The van der Waals surface area contributed by atoms with E-state index in [0.29, 0.717) is 6.04 Å². The first-order valence-electron chi connectivity index (χ1n) is 8.20. The number of hydrogen-bond donors (Lipinski definition) is 1. The van der Waals surface area contributed by atoms with Gasteiger partial charge in [0.05, 0.1) is 13.7 Å². The van der Waals surface area contributed by atoms with Gasteiger partial charge in [0.2, 0.25) is 0 Å². The summed E-state index contributed by atoms with van der Waals surface area (Å²) < 4.78 is 5.61. The molecule has 1 aliphatic heterocycles. The Morgan fingerprint density at radius 3 is 2.70 bits per heavy atom. The van der Waals surface area contributed by atoms with Gasteiger partial charge < -0.3 is 14.7 Å². The Morgan fingerprint density at radius 2 is 2.00 bits per heavy atom. The Balaban J connectivity index is 1.94. The molecule has 23 heavy (non-hydrogen) atoms. The third-order valence-electron chi connectivity index (χ3n) is 5.03. The van der Waals surface area contributed by atoms with Crippen LogP contribution in [0.1, 0.15) is 12.0 Å². The number of benzene rings is 2. The Morgan fingerprint density at radius 1 is 1.22 bits per heavy atom. The first kappa shape index (κ1) is 16.2. The van der Waals surface area contributed by atoms with Crippen molar-refractivity contribution in [1.29, 1.82) is 0 Å². The molecule has 1 aliphatic rings. The standard InChI is InChI=1S/C19H26N2O2/c1-20(2)15-10-16(13-22)21(11-15)12-18-17-7-5-4-6-14(17)8-9-19(18)23-3/h4-9,15-16,22H,10-13H2,1-3H3/t15-,16+/m1/s1. The molecule has 1 N–H and O–H groups in total. The number of aliphatic hydroxyl groups excluding tert-OH is 1. The third-order valence-corrected chi connectivity index (χ3v) is 5.03. The fourth-order valence-electron chi connectivity index (χ4n) is 3.59. The highest BCUT2D eigenvalue weighted by molar-refractivity contribution is 5.87.